The second-order valence-corrected chi connectivity index (χ2v) is 8.34. The Morgan fingerprint density at radius 2 is 2.00 bits per heavy atom. The van der Waals surface area contributed by atoms with Crippen molar-refractivity contribution in [1.29, 1.82) is 0 Å². The lowest BCUT2D eigenvalue weighted by molar-refractivity contribution is -0.0521. The Kier molecular flexibility index (Phi) is 2.49. The molecule has 0 aromatic carbocycles. The van der Waals surface area contributed by atoms with E-state index in [1.165, 1.54) is 0 Å². The number of hydrogen-bond acceptors (Lipinski definition) is 2. The lowest BCUT2D eigenvalue weighted by Crippen LogP contribution is -2.36. The van der Waals surface area contributed by atoms with E-state index in [-0.39, 0.29) is 0 Å². The normalized spacial score (nSPS) is 20.7. The van der Waals surface area contributed by atoms with Crippen molar-refractivity contribution in [3.05, 3.63) is 0 Å². The highest BCUT2D eigenvalue weighted by atomic mass is 28.4. The quantitative estimate of drug-likeness (QED) is 0.582. The number of hydrogen-bond donors (Lipinski definition) is 0. The average Bonchev–Trinajstić information content (AvgIpc) is 1.56. The first-order valence-electron chi connectivity index (χ1n) is 3.79. The zero-order chi connectivity index (χ0) is 7.61. The minimum absolute atomic E-state index is 0.687. The lowest BCUT2D eigenvalue weighted by atomic mass is 10.1. The molecule has 1 aliphatic heterocycles. The molecule has 1 saturated heterocycles. The van der Waals surface area contributed by atoms with Crippen LogP contribution >= 0.6 is 0 Å². The van der Waals surface area contributed by atoms with Crippen LogP contribution in [0.3, 0.4) is 0 Å². The molecule has 0 N–H and O–H groups in total. The average molecular weight is 160 g/mol. The second-order valence-electron chi connectivity index (χ2n) is 3.83. The van der Waals surface area contributed by atoms with E-state index in [9.17, 15) is 0 Å². The Morgan fingerprint density at radius 3 is 2.30 bits per heavy atom. The zero-order valence-electron chi connectivity index (χ0n) is 7.02. The third-order valence-electron chi connectivity index (χ3n) is 1.46. The van der Waals surface area contributed by atoms with Crippen LogP contribution in [0.25, 0.3) is 0 Å². The Bertz CT molecular complexity index is 105. The molecule has 0 atom stereocenters. The molecular formula is C7H16O2Si. The van der Waals surface area contributed by atoms with Crippen molar-refractivity contribution in [1.82, 2.24) is 0 Å². The maximum Gasteiger partial charge on any atom is 0.183 e. The summed E-state index contributed by atoms with van der Waals surface area (Å²) in [5.74, 6) is 0.687. The maximum atomic E-state index is 5.69. The number of ether oxygens (including phenoxy) is 1. The van der Waals surface area contributed by atoms with Crippen molar-refractivity contribution < 1.29 is 9.16 Å². The van der Waals surface area contributed by atoms with E-state index in [0.29, 0.717) is 5.92 Å². The van der Waals surface area contributed by atoms with Crippen LogP contribution in [0.1, 0.15) is 0 Å². The van der Waals surface area contributed by atoms with Gasteiger partial charge in [0.2, 0.25) is 0 Å². The van der Waals surface area contributed by atoms with Gasteiger partial charge in [0.25, 0.3) is 0 Å². The van der Waals surface area contributed by atoms with E-state index in [0.717, 1.165) is 19.8 Å². The van der Waals surface area contributed by atoms with Crippen LogP contribution in [0.4, 0.5) is 0 Å². The highest BCUT2D eigenvalue weighted by Crippen LogP contribution is 2.13. The summed E-state index contributed by atoms with van der Waals surface area (Å²) < 4.78 is 10.7. The van der Waals surface area contributed by atoms with Crippen molar-refractivity contribution in [3.8, 4) is 0 Å². The van der Waals surface area contributed by atoms with E-state index in [1.54, 1.807) is 0 Å². The van der Waals surface area contributed by atoms with Gasteiger partial charge in [0.1, 0.15) is 0 Å². The molecule has 10 heavy (non-hydrogen) atoms. The predicted octanol–water partition coefficient (Wildman–Crippen LogP) is 1.48. The van der Waals surface area contributed by atoms with Crippen LogP contribution in [0, 0.1) is 5.92 Å². The molecule has 1 aliphatic rings. The number of rotatable bonds is 3. The fourth-order valence-corrected chi connectivity index (χ4v) is 1.48. The topological polar surface area (TPSA) is 18.5 Å². The van der Waals surface area contributed by atoms with Crippen molar-refractivity contribution >= 4 is 8.32 Å². The van der Waals surface area contributed by atoms with Crippen LogP contribution in [0.2, 0.25) is 19.6 Å². The third kappa shape index (κ3) is 2.81. The molecule has 3 heteroatoms. The second kappa shape index (κ2) is 3.03. The lowest BCUT2D eigenvalue weighted by Gasteiger charge is -2.28. The molecule has 0 amide bonds. The molecule has 0 saturated carbocycles. The van der Waals surface area contributed by atoms with Crippen LogP contribution in [-0.4, -0.2) is 28.1 Å². The van der Waals surface area contributed by atoms with Gasteiger partial charge in [-0.2, -0.15) is 0 Å². The van der Waals surface area contributed by atoms with Crippen molar-refractivity contribution in [2.75, 3.05) is 19.8 Å². The van der Waals surface area contributed by atoms with Gasteiger partial charge < -0.3 is 9.16 Å². The first-order valence-corrected chi connectivity index (χ1v) is 7.20. The standard InChI is InChI=1S/C7H16O2Si/c1-10(2,3)9-6-7-4-8-5-7/h7H,4-6H2,1-3H3. The summed E-state index contributed by atoms with van der Waals surface area (Å²) in [5.41, 5.74) is 0. The molecule has 0 spiro atoms. The Balaban J connectivity index is 2.04. The van der Waals surface area contributed by atoms with Gasteiger partial charge in [-0.1, -0.05) is 0 Å². The molecule has 2 nitrogen and oxygen atoms in total. The SMILES string of the molecule is C[Si](C)(C)OCC1COC1. The van der Waals surface area contributed by atoms with Gasteiger partial charge in [0, 0.05) is 12.5 Å². The molecule has 1 fully saturated rings. The molecule has 0 radical (unpaired) electrons. The van der Waals surface area contributed by atoms with Gasteiger partial charge in [-0.15, -0.1) is 0 Å². The van der Waals surface area contributed by atoms with E-state index >= 15 is 0 Å². The Labute approximate surface area is 63.7 Å². The van der Waals surface area contributed by atoms with Crippen molar-refractivity contribution in [3.63, 3.8) is 0 Å². The monoisotopic (exact) mass is 160 g/mol. The summed E-state index contributed by atoms with van der Waals surface area (Å²) in [4.78, 5) is 0. The summed E-state index contributed by atoms with van der Waals surface area (Å²) in [6.07, 6.45) is 0. The molecule has 1 rings (SSSR count). The van der Waals surface area contributed by atoms with Gasteiger partial charge in [-0.3, -0.25) is 0 Å². The highest BCUT2D eigenvalue weighted by molar-refractivity contribution is 6.69. The fourth-order valence-electron chi connectivity index (χ4n) is 0.749. The Morgan fingerprint density at radius 1 is 1.40 bits per heavy atom. The largest absolute Gasteiger partial charge is 0.417 e. The minimum Gasteiger partial charge on any atom is -0.417 e. The van der Waals surface area contributed by atoms with Crippen LogP contribution in [-0.2, 0) is 9.16 Å². The van der Waals surface area contributed by atoms with Crippen molar-refractivity contribution in [2.24, 2.45) is 5.92 Å². The molecular weight excluding hydrogens is 144 g/mol. The highest BCUT2D eigenvalue weighted by Gasteiger charge is 2.22. The maximum absolute atomic E-state index is 5.69. The summed E-state index contributed by atoms with van der Waals surface area (Å²) >= 11 is 0. The molecule has 0 unspecified atom stereocenters. The first kappa shape index (κ1) is 8.24. The molecule has 0 aliphatic carbocycles. The van der Waals surface area contributed by atoms with Crippen LogP contribution in [0.5, 0.6) is 0 Å². The predicted molar refractivity (Wildman–Crippen MR) is 43.6 cm³/mol. The van der Waals surface area contributed by atoms with E-state index < -0.39 is 8.32 Å². The van der Waals surface area contributed by atoms with Crippen LogP contribution in [0.15, 0.2) is 0 Å². The smallest absolute Gasteiger partial charge is 0.183 e. The molecule has 1 heterocycles. The van der Waals surface area contributed by atoms with Gasteiger partial charge in [-0.25, -0.2) is 0 Å². The zero-order valence-corrected chi connectivity index (χ0v) is 8.02. The first-order chi connectivity index (χ1) is 4.58. The minimum atomic E-state index is -1.26. The molecule has 60 valence electrons. The summed E-state index contributed by atoms with van der Waals surface area (Å²) in [6.45, 7) is 9.37. The summed E-state index contributed by atoms with van der Waals surface area (Å²) in [7, 11) is -1.26. The molecule has 0 aromatic heterocycles. The Hall–Kier alpha value is 0.137. The molecule has 0 aromatic rings. The van der Waals surface area contributed by atoms with Crippen LogP contribution < -0.4 is 0 Å². The fraction of sp³-hybridized carbons (Fsp3) is 1.00. The van der Waals surface area contributed by atoms with Gasteiger partial charge >= 0.3 is 0 Å². The third-order valence-corrected chi connectivity index (χ3v) is 2.49. The van der Waals surface area contributed by atoms with Gasteiger partial charge in [0.05, 0.1) is 13.2 Å². The van der Waals surface area contributed by atoms with E-state index in [2.05, 4.69) is 19.6 Å². The molecule has 0 bridgehead atoms. The van der Waals surface area contributed by atoms with E-state index in [4.69, 9.17) is 9.16 Å². The summed E-state index contributed by atoms with van der Waals surface area (Å²) in [6, 6.07) is 0. The van der Waals surface area contributed by atoms with Crippen molar-refractivity contribution in [2.45, 2.75) is 19.6 Å². The summed E-state index contributed by atoms with van der Waals surface area (Å²) in [5, 5.41) is 0. The van der Waals surface area contributed by atoms with E-state index in [1.807, 2.05) is 0 Å². The van der Waals surface area contributed by atoms with Gasteiger partial charge in [-0.05, 0) is 19.6 Å². The van der Waals surface area contributed by atoms with Gasteiger partial charge in [0.15, 0.2) is 8.32 Å².